The minimum absolute atomic E-state index is 0.0857. The second kappa shape index (κ2) is 6.07. The summed E-state index contributed by atoms with van der Waals surface area (Å²) in [5, 5.41) is 4.53. The van der Waals surface area contributed by atoms with Gasteiger partial charge in [-0.1, -0.05) is 0 Å². The van der Waals surface area contributed by atoms with E-state index in [1.165, 1.54) is 12.3 Å². The van der Waals surface area contributed by atoms with Gasteiger partial charge < -0.3 is 9.64 Å². The number of halogens is 1. The number of aromatic nitrogens is 3. The lowest BCUT2D eigenvalue weighted by atomic mass is 10.1. The Balaban J connectivity index is 1.47. The highest BCUT2D eigenvalue weighted by Crippen LogP contribution is 2.48. The molecule has 2 aromatic rings. The van der Waals surface area contributed by atoms with E-state index in [-0.39, 0.29) is 18.0 Å². The van der Waals surface area contributed by atoms with Gasteiger partial charge in [0, 0.05) is 12.2 Å². The number of likely N-dealkylation sites (tertiary alicyclic amines) is 1. The van der Waals surface area contributed by atoms with Crippen LogP contribution in [-0.2, 0) is 11.3 Å². The third-order valence-electron chi connectivity index (χ3n) is 4.84. The number of fused-ring (bicyclic) bond motifs is 1. The lowest BCUT2D eigenvalue weighted by molar-refractivity contribution is 0.0167. The summed E-state index contributed by atoms with van der Waals surface area (Å²) in [6, 6.07) is 5.23. The van der Waals surface area contributed by atoms with Crippen molar-refractivity contribution in [2.45, 2.75) is 57.8 Å². The Morgan fingerprint density at radius 2 is 2.08 bits per heavy atom. The van der Waals surface area contributed by atoms with Gasteiger partial charge >= 0.3 is 6.09 Å². The van der Waals surface area contributed by atoms with Crippen molar-refractivity contribution >= 4 is 6.09 Å². The first-order valence-corrected chi connectivity index (χ1v) is 8.97. The quantitative estimate of drug-likeness (QED) is 0.843. The molecule has 3 heterocycles. The second-order valence-electron chi connectivity index (χ2n) is 8.12. The number of amides is 1. The second-order valence-corrected chi connectivity index (χ2v) is 8.12. The summed E-state index contributed by atoms with van der Waals surface area (Å²) in [6.07, 6.45) is 4.87. The number of hydrogen-bond donors (Lipinski definition) is 0. The monoisotopic (exact) mass is 358 g/mol. The van der Waals surface area contributed by atoms with Gasteiger partial charge in [-0.2, -0.15) is 5.10 Å². The van der Waals surface area contributed by atoms with Gasteiger partial charge in [-0.15, -0.1) is 0 Å². The van der Waals surface area contributed by atoms with Gasteiger partial charge in [0.15, 0.2) is 0 Å². The molecule has 0 spiro atoms. The Kier molecular flexibility index (Phi) is 3.97. The normalized spacial score (nSPS) is 24.5. The molecule has 1 aliphatic carbocycles. The Morgan fingerprint density at radius 1 is 1.27 bits per heavy atom. The molecule has 0 N–H and O–H groups in total. The van der Waals surface area contributed by atoms with Crippen LogP contribution in [0.5, 0.6) is 0 Å². The lowest BCUT2D eigenvalue weighted by Gasteiger charge is -2.30. The number of nitrogens with zero attached hydrogens (tertiary/aromatic N) is 4. The molecule has 3 atom stereocenters. The zero-order valence-corrected chi connectivity index (χ0v) is 15.2. The Morgan fingerprint density at radius 3 is 2.77 bits per heavy atom. The largest absolute Gasteiger partial charge is 0.444 e. The van der Waals surface area contributed by atoms with Gasteiger partial charge in [0.25, 0.3) is 0 Å². The van der Waals surface area contributed by atoms with Crippen molar-refractivity contribution in [1.82, 2.24) is 19.7 Å². The molecule has 7 heteroatoms. The summed E-state index contributed by atoms with van der Waals surface area (Å²) < 4.78 is 20.4. The van der Waals surface area contributed by atoms with E-state index < -0.39 is 5.60 Å². The third kappa shape index (κ3) is 3.43. The van der Waals surface area contributed by atoms with E-state index in [2.05, 4.69) is 10.1 Å². The summed E-state index contributed by atoms with van der Waals surface area (Å²) in [6.45, 7) is 6.27. The number of ether oxygens (including phenoxy) is 1. The van der Waals surface area contributed by atoms with Crippen molar-refractivity contribution < 1.29 is 13.9 Å². The zero-order valence-electron chi connectivity index (χ0n) is 15.2. The highest BCUT2D eigenvalue weighted by molar-refractivity contribution is 5.70. The molecule has 0 radical (unpaired) electrons. The maximum Gasteiger partial charge on any atom is 0.410 e. The van der Waals surface area contributed by atoms with E-state index in [1.807, 2.05) is 42.6 Å². The summed E-state index contributed by atoms with van der Waals surface area (Å²) in [5.41, 5.74) is 0.822. The van der Waals surface area contributed by atoms with Gasteiger partial charge in [0.05, 0.1) is 24.5 Å². The van der Waals surface area contributed by atoms with Crippen molar-refractivity contribution in [2.24, 2.45) is 5.92 Å². The third-order valence-corrected chi connectivity index (χ3v) is 4.84. The van der Waals surface area contributed by atoms with Crippen LogP contribution in [0.15, 0.2) is 30.6 Å². The maximum atomic E-state index is 13.0. The molecular weight excluding hydrogens is 335 g/mol. The number of rotatable bonds is 3. The SMILES string of the molecule is CC(C)(C)OC(=O)N1[C@H](Cn2ccc(-c3ccc(F)cn3)n2)CC2C[C@@H]21. The van der Waals surface area contributed by atoms with Crippen LogP contribution in [0.25, 0.3) is 11.4 Å². The predicted octanol–water partition coefficient (Wildman–Crippen LogP) is 3.48. The highest BCUT2D eigenvalue weighted by Gasteiger charge is 2.55. The van der Waals surface area contributed by atoms with Crippen molar-refractivity contribution in [3.05, 3.63) is 36.4 Å². The van der Waals surface area contributed by atoms with Crippen LogP contribution in [0, 0.1) is 11.7 Å². The van der Waals surface area contributed by atoms with E-state index in [0.29, 0.717) is 29.9 Å². The van der Waals surface area contributed by atoms with Crippen molar-refractivity contribution in [2.75, 3.05) is 0 Å². The van der Waals surface area contributed by atoms with Crippen LogP contribution in [0.3, 0.4) is 0 Å². The number of pyridine rings is 1. The standard InChI is InChI=1S/C19H23FN4O2/c1-19(2,3)26-18(25)24-14(8-12-9-17(12)24)11-23-7-6-16(22-23)15-5-4-13(20)10-21-15/h4-7,10,12,14,17H,8-9,11H2,1-3H3/t12?,14-,17-/m0/s1. The van der Waals surface area contributed by atoms with Crippen molar-refractivity contribution in [3.8, 4) is 11.4 Å². The van der Waals surface area contributed by atoms with E-state index in [9.17, 15) is 9.18 Å². The number of piperidine rings is 1. The molecule has 6 nitrogen and oxygen atoms in total. The molecule has 1 unspecified atom stereocenters. The number of hydrogen-bond acceptors (Lipinski definition) is 4. The van der Waals surface area contributed by atoms with E-state index >= 15 is 0 Å². The molecule has 0 bridgehead atoms. The van der Waals surface area contributed by atoms with Crippen LogP contribution >= 0.6 is 0 Å². The molecule has 1 saturated carbocycles. The minimum atomic E-state index is -0.498. The molecule has 26 heavy (non-hydrogen) atoms. The van der Waals surface area contributed by atoms with Gasteiger partial charge in [0.1, 0.15) is 17.1 Å². The van der Waals surface area contributed by atoms with Crippen LogP contribution in [-0.4, -0.2) is 43.4 Å². The number of carbonyl (C=O) groups is 1. The Hall–Kier alpha value is -2.44. The molecule has 0 aromatic carbocycles. The average Bonchev–Trinajstić information content (AvgIpc) is 3.00. The highest BCUT2D eigenvalue weighted by atomic mass is 19.1. The fraction of sp³-hybridized carbons (Fsp3) is 0.526. The number of carbonyl (C=O) groups excluding carboxylic acids is 1. The van der Waals surface area contributed by atoms with Gasteiger partial charge in [-0.05, 0) is 57.7 Å². The topological polar surface area (TPSA) is 60.2 Å². The molecule has 2 fully saturated rings. The molecular formula is C19H23FN4O2. The fourth-order valence-electron chi connectivity index (χ4n) is 3.66. The summed E-state index contributed by atoms with van der Waals surface area (Å²) >= 11 is 0. The van der Waals surface area contributed by atoms with Crippen LogP contribution in [0.4, 0.5) is 9.18 Å². The zero-order chi connectivity index (χ0) is 18.5. The van der Waals surface area contributed by atoms with Gasteiger partial charge in [-0.3, -0.25) is 9.67 Å². The summed E-state index contributed by atoms with van der Waals surface area (Å²) in [7, 11) is 0. The van der Waals surface area contributed by atoms with Crippen LogP contribution in [0.2, 0.25) is 0 Å². The molecule has 2 aromatic heterocycles. The van der Waals surface area contributed by atoms with E-state index in [4.69, 9.17) is 4.74 Å². The Bertz CT molecular complexity index is 812. The van der Waals surface area contributed by atoms with E-state index in [1.54, 1.807) is 6.07 Å². The first-order chi connectivity index (χ1) is 12.3. The molecule has 1 aliphatic heterocycles. The lowest BCUT2D eigenvalue weighted by Crippen LogP contribution is -2.43. The van der Waals surface area contributed by atoms with Gasteiger partial charge in [0.2, 0.25) is 0 Å². The Labute approximate surface area is 152 Å². The van der Waals surface area contributed by atoms with Crippen LogP contribution in [0.1, 0.15) is 33.6 Å². The molecule has 1 saturated heterocycles. The fourth-order valence-corrected chi connectivity index (χ4v) is 3.66. The summed E-state index contributed by atoms with van der Waals surface area (Å²) in [5.74, 6) is 0.215. The van der Waals surface area contributed by atoms with Crippen molar-refractivity contribution in [3.63, 3.8) is 0 Å². The molecule has 1 amide bonds. The molecule has 138 valence electrons. The average molecular weight is 358 g/mol. The summed E-state index contributed by atoms with van der Waals surface area (Å²) in [4.78, 5) is 18.5. The minimum Gasteiger partial charge on any atom is -0.444 e. The first-order valence-electron chi connectivity index (χ1n) is 8.97. The predicted molar refractivity (Wildman–Crippen MR) is 93.8 cm³/mol. The first kappa shape index (κ1) is 17.0. The molecule has 4 rings (SSSR count). The molecule has 2 aliphatic rings. The van der Waals surface area contributed by atoms with E-state index in [0.717, 1.165) is 12.8 Å². The van der Waals surface area contributed by atoms with Gasteiger partial charge in [-0.25, -0.2) is 9.18 Å². The van der Waals surface area contributed by atoms with Crippen LogP contribution < -0.4 is 0 Å². The maximum absolute atomic E-state index is 13.0. The smallest absolute Gasteiger partial charge is 0.410 e. The van der Waals surface area contributed by atoms with Crippen molar-refractivity contribution in [1.29, 1.82) is 0 Å².